The van der Waals surface area contributed by atoms with Crippen LogP contribution in [-0.4, -0.2) is 90.9 Å². The van der Waals surface area contributed by atoms with E-state index in [4.69, 9.17) is 18.9 Å². The Morgan fingerprint density at radius 3 is 2.54 bits per heavy atom. The number of ether oxygens (including phenoxy) is 4. The largest absolute Gasteiger partial charge is 0.493 e. The summed E-state index contributed by atoms with van der Waals surface area (Å²) in [4.78, 5) is 51.4. The molecular formula is C29H37N3O9. The zero-order valence-electron chi connectivity index (χ0n) is 24.1. The van der Waals surface area contributed by atoms with E-state index in [2.05, 4.69) is 15.5 Å². The number of nitrogens with one attached hydrogen (secondary N) is 2. The lowest BCUT2D eigenvalue weighted by Gasteiger charge is -2.58. The van der Waals surface area contributed by atoms with Gasteiger partial charge in [0.2, 0.25) is 11.8 Å². The van der Waals surface area contributed by atoms with Crippen molar-refractivity contribution in [2.24, 2.45) is 5.92 Å². The molecule has 2 aliphatic carbocycles. The van der Waals surface area contributed by atoms with E-state index in [1.54, 1.807) is 7.11 Å². The van der Waals surface area contributed by atoms with Gasteiger partial charge in [-0.2, -0.15) is 0 Å². The number of β-amino-alcohol motifs (C(OH)–C–C–N with tert-alkyl or cyclic N) is 1. The van der Waals surface area contributed by atoms with Crippen molar-refractivity contribution in [2.75, 3.05) is 20.7 Å². The van der Waals surface area contributed by atoms with E-state index >= 15 is 0 Å². The van der Waals surface area contributed by atoms with Crippen LogP contribution in [0.25, 0.3) is 0 Å². The molecule has 2 amide bonds. The van der Waals surface area contributed by atoms with E-state index < -0.39 is 53.7 Å². The monoisotopic (exact) mass is 571 g/mol. The average Bonchev–Trinajstić information content (AvgIpc) is 3.29. The molecule has 12 nitrogen and oxygen atoms in total. The number of rotatable bonds is 8. The Morgan fingerprint density at radius 1 is 1.12 bits per heavy atom. The molecule has 222 valence electrons. The van der Waals surface area contributed by atoms with Gasteiger partial charge in [0.15, 0.2) is 23.7 Å². The standard InChI is InChI=1S/C29H37N3O9/c1-13(30-16(4)33)26(35)31-14(2)27(36)39-15(3)28(37)40-21-10-8-18-19-11-17-7-9-20(38-6)24-23(17)29(18,25(21)41-24)22(34)12-32(19)5/h7,9-10,13-15,18-19,22,25,34H,8,11-12H2,1-6H3,(H,30,33)(H,31,35). The molecule has 0 aromatic heterocycles. The number of aliphatic hydroxyl groups is 1. The second-order valence-electron chi connectivity index (χ2n) is 11.4. The predicted molar refractivity (Wildman–Crippen MR) is 144 cm³/mol. The molecule has 1 fully saturated rings. The SMILES string of the molecule is COc1ccc2c3c1OC1C(OC(=O)C(C)OC(=O)C(C)NC(=O)C(C)NC(C)=O)=CCC4C(C2)N(C)CC(O)C314. The van der Waals surface area contributed by atoms with Crippen LogP contribution in [0.4, 0.5) is 0 Å². The zero-order valence-corrected chi connectivity index (χ0v) is 24.1. The number of likely N-dealkylation sites (tertiary alicyclic amines) is 1. The lowest BCUT2D eigenvalue weighted by Crippen LogP contribution is -2.70. The number of hydrogen-bond acceptors (Lipinski definition) is 10. The Morgan fingerprint density at radius 2 is 1.85 bits per heavy atom. The van der Waals surface area contributed by atoms with E-state index in [0.717, 1.165) is 17.5 Å². The maximum atomic E-state index is 13.1. The summed E-state index contributed by atoms with van der Waals surface area (Å²) in [5.74, 6) is -1.22. The summed E-state index contributed by atoms with van der Waals surface area (Å²) < 4.78 is 23.2. The topological polar surface area (TPSA) is 153 Å². The van der Waals surface area contributed by atoms with Gasteiger partial charge in [0.1, 0.15) is 17.8 Å². The number of esters is 2. The summed E-state index contributed by atoms with van der Waals surface area (Å²) in [5, 5.41) is 16.5. The number of hydrogen-bond donors (Lipinski definition) is 3. The van der Waals surface area contributed by atoms with Crippen molar-refractivity contribution >= 4 is 23.8 Å². The number of amides is 2. The van der Waals surface area contributed by atoms with Crippen LogP contribution >= 0.6 is 0 Å². The highest BCUT2D eigenvalue weighted by atomic mass is 16.6. The lowest BCUT2D eigenvalue weighted by atomic mass is 9.52. The Balaban J connectivity index is 1.33. The molecule has 3 N–H and O–H groups in total. The first-order valence-corrected chi connectivity index (χ1v) is 13.8. The second kappa shape index (κ2) is 10.6. The molecule has 4 aliphatic rings. The van der Waals surface area contributed by atoms with Gasteiger partial charge in [-0.05, 0) is 64.3 Å². The Kier molecular flexibility index (Phi) is 7.49. The molecule has 2 heterocycles. The second-order valence-corrected chi connectivity index (χ2v) is 11.4. The summed E-state index contributed by atoms with van der Waals surface area (Å²) in [6, 6.07) is 2.13. The number of carbonyl (C=O) groups excluding carboxylic acids is 4. The highest BCUT2D eigenvalue weighted by Crippen LogP contribution is 2.63. The first-order chi connectivity index (χ1) is 19.4. The van der Waals surface area contributed by atoms with Crippen molar-refractivity contribution in [3.8, 4) is 11.5 Å². The van der Waals surface area contributed by atoms with E-state index in [9.17, 15) is 24.3 Å². The molecule has 5 rings (SSSR count). The van der Waals surface area contributed by atoms with E-state index in [0.29, 0.717) is 24.5 Å². The van der Waals surface area contributed by atoms with Gasteiger partial charge in [-0.1, -0.05) is 6.07 Å². The molecule has 1 spiro atoms. The number of likely N-dealkylation sites (N-methyl/N-ethyl adjacent to an activating group) is 1. The molecule has 8 atom stereocenters. The van der Waals surface area contributed by atoms with Crippen molar-refractivity contribution in [3.05, 3.63) is 35.1 Å². The summed E-state index contributed by atoms with van der Waals surface area (Å²) >= 11 is 0. The van der Waals surface area contributed by atoms with Gasteiger partial charge in [-0.15, -0.1) is 0 Å². The molecule has 2 bridgehead atoms. The summed E-state index contributed by atoms with van der Waals surface area (Å²) in [6.07, 6.45) is 0.363. The lowest BCUT2D eigenvalue weighted by molar-refractivity contribution is -0.168. The molecule has 1 aromatic rings. The molecule has 8 unspecified atom stereocenters. The Hall–Kier alpha value is -3.64. The van der Waals surface area contributed by atoms with Crippen LogP contribution in [0.3, 0.4) is 0 Å². The molecule has 1 saturated heterocycles. The molecule has 41 heavy (non-hydrogen) atoms. The zero-order chi connectivity index (χ0) is 29.8. The molecular weight excluding hydrogens is 534 g/mol. The van der Waals surface area contributed by atoms with E-state index in [1.165, 1.54) is 27.7 Å². The third-order valence-corrected chi connectivity index (χ3v) is 8.82. The number of piperidine rings is 1. The van der Waals surface area contributed by atoms with Crippen LogP contribution in [0.1, 0.15) is 45.2 Å². The molecule has 0 saturated carbocycles. The van der Waals surface area contributed by atoms with Crippen molar-refractivity contribution in [1.29, 1.82) is 0 Å². The first kappa shape index (κ1) is 28.9. The quantitative estimate of drug-likeness (QED) is 0.372. The molecule has 2 aliphatic heterocycles. The minimum atomic E-state index is -1.29. The van der Waals surface area contributed by atoms with Gasteiger partial charge in [-0.25, -0.2) is 9.59 Å². The number of allylic oxidation sites excluding steroid dienone is 1. The normalized spacial score (nSPS) is 29.5. The molecule has 1 aromatic carbocycles. The maximum Gasteiger partial charge on any atom is 0.352 e. The third-order valence-electron chi connectivity index (χ3n) is 8.82. The fraction of sp³-hybridized carbons (Fsp3) is 0.586. The minimum absolute atomic E-state index is 0.0316. The molecule has 12 heteroatoms. The highest BCUT2D eigenvalue weighted by molar-refractivity contribution is 5.90. The average molecular weight is 572 g/mol. The van der Waals surface area contributed by atoms with Crippen molar-refractivity contribution in [2.45, 2.75) is 82.4 Å². The summed E-state index contributed by atoms with van der Waals surface area (Å²) in [5.41, 5.74) is 1.18. The van der Waals surface area contributed by atoms with Crippen molar-refractivity contribution in [3.63, 3.8) is 0 Å². The van der Waals surface area contributed by atoms with Crippen LogP contribution in [0, 0.1) is 5.92 Å². The van der Waals surface area contributed by atoms with Crippen molar-refractivity contribution in [1.82, 2.24) is 15.5 Å². The smallest absolute Gasteiger partial charge is 0.352 e. The Labute approximate surface area is 238 Å². The predicted octanol–water partition coefficient (Wildman–Crippen LogP) is 0.333. The number of aliphatic hydroxyl groups excluding tert-OH is 1. The maximum absolute atomic E-state index is 13.1. The summed E-state index contributed by atoms with van der Waals surface area (Å²) in [7, 11) is 3.58. The van der Waals surface area contributed by atoms with Crippen LogP contribution in [0.15, 0.2) is 24.0 Å². The fourth-order valence-corrected chi connectivity index (χ4v) is 6.93. The van der Waals surface area contributed by atoms with Crippen molar-refractivity contribution < 1.29 is 43.2 Å². The number of carbonyl (C=O) groups is 4. The van der Waals surface area contributed by atoms with Crippen LogP contribution in [-0.2, 0) is 40.5 Å². The first-order valence-electron chi connectivity index (χ1n) is 13.8. The van der Waals surface area contributed by atoms with Gasteiger partial charge >= 0.3 is 11.9 Å². The third kappa shape index (κ3) is 4.62. The fourth-order valence-electron chi connectivity index (χ4n) is 6.93. The van der Waals surface area contributed by atoms with E-state index in [1.807, 2.05) is 25.3 Å². The van der Waals surface area contributed by atoms with Gasteiger partial charge in [-0.3, -0.25) is 9.59 Å². The minimum Gasteiger partial charge on any atom is -0.493 e. The van der Waals surface area contributed by atoms with Gasteiger partial charge in [0, 0.05) is 25.1 Å². The van der Waals surface area contributed by atoms with E-state index in [-0.39, 0.29) is 23.6 Å². The van der Waals surface area contributed by atoms with Crippen LogP contribution < -0.4 is 20.1 Å². The van der Waals surface area contributed by atoms with Gasteiger partial charge in [0.25, 0.3) is 0 Å². The van der Waals surface area contributed by atoms with Gasteiger partial charge < -0.3 is 39.6 Å². The summed E-state index contributed by atoms with van der Waals surface area (Å²) in [6.45, 7) is 5.99. The Bertz CT molecular complexity index is 1310. The highest BCUT2D eigenvalue weighted by Gasteiger charge is 2.68. The van der Waals surface area contributed by atoms with Crippen LogP contribution in [0.5, 0.6) is 11.5 Å². The number of methoxy groups -OCH3 is 1. The molecule has 0 radical (unpaired) electrons. The van der Waals surface area contributed by atoms with Crippen LogP contribution in [0.2, 0.25) is 0 Å². The number of nitrogens with zero attached hydrogens (tertiary/aromatic N) is 1. The number of benzene rings is 1. The van der Waals surface area contributed by atoms with Gasteiger partial charge in [0.05, 0.1) is 18.6 Å².